The van der Waals surface area contributed by atoms with Gasteiger partial charge in [0.15, 0.2) is 0 Å². The van der Waals surface area contributed by atoms with Crippen molar-refractivity contribution >= 4 is 5.97 Å². The zero-order chi connectivity index (χ0) is 7.82. The first-order valence-electron chi connectivity index (χ1n) is 3.55. The van der Waals surface area contributed by atoms with E-state index in [0.717, 1.165) is 12.8 Å². The van der Waals surface area contributed by atoms with Crippen LogP contribution in [0.2, 0.25) is 0 Å². The lowest BCUT2D eigenvalue weighted by Gasteiger charge is -2.02. The standard InChI is InChI=1S/C7H14O3/c1-2-3-5-10-6-4-7(8)9/h2-6H2,1H3,(H,8,9)/p-1. The van der Waals surface area contributed by atoms with Crippen molar-refractivity contribution in [2.45, 2.75) is 26.2 Å². The van der Waals surface area contributed by atoms with Gasteiger partial charge in [-0.25, -0.2) is 0 Å². The fourth-order valence-corrected chi connectivity index (χ4v) is 0.504. The number of carbonyl (C=O) groups is 1. The summed E-state index contributed by atoms with van der Waals surface area (Å²) in [5.74, 6) is -1.04. The molecule has 0 N–H and O–H groups in total. The molecule has 0 saturated heterocycles. The van der Waals surface area contributed by atoms with Gasteiger partial charge in [-0.15, -0.1) is 0 Å². The number of carbonyl (C=O) groups excluding carboxylic acids is 1. The first-order valence-corrected chi connectivity index (χ1v) is 3.55. The molecule has 0 unspecified atom stereocenters. The molecular weight excluding hydrogens is 132 g/mol. The van der Waals surface area contributed by atoms with Gasteiger partial charge in [-0.3, -0.25) is 0 Å². The lowest BCUT2D eigenvalue weighted by atomic mass is 10.4. The normalized spacial score (nSPS) is 9.70. The monoisotopic (exact) mass is 145 g/mol. The van der Waals surface area contributed by atoms with Gasteiger partial charge in [0.05, 0.1) is 6.61 Å². The molecule has 10 heavy (non-hydrogen) atoms. The van der Waals surface area contributed by atoms with Crippen LogP contribution < -0.4 is 5.11 Å². The van der Waals surface area contributed by atoms with E-state index in [0.29, 0.717) is 6.61 Å². The van der Waals surface area contributed by atoms with Crippen LogP contribution in [0.25, 0.3) is 0 Å². The maximum atomic E-state index is 9.84. The summed E-state index contributed by atoms with van der Waals surface area (Å²) in [7, 11) is 0. The quantitative estimate of drug-likeness (QED) is 0.492. The maximum absolute atomic E-state index is 9.84. The van der Waals surface area contributed by atoms with E-state index in [1.807, 2.05) is 0 Å². The zero-order valence-corrected chi connectivity index (χ0v) is 6.26. The van der Waals surface area contributed by atoms with Crippen molar-refractivity contribution in [2.24, 2.45) is 0 Å². The van der Waals surface area contributed by atoms with Crippen LogP contribution in [0.15, 0.2) is 0 Å². The minimum Gasteiger partial charge on any atom is -0.550 e. The van der Waals surface area contributed by atoms with Gasteiger partial charge in [0.2, 0.25) is 0 Å². The molecule has 0 aromatic heterocycles. The predicted octanol–water partition coefficient (Wildman–Crippen LogP) is -0.0569. The number of aliphatic carboxylic acids is 1. The average molecular weight is 145 g/mol. The Kier molecular flexibility index (Phi) is 6.18. The van der Waals surface area contributed by atoms with Crippen LogP contribution in [0, 0.1) is 0 Å². The fraction of sp³-hybridized carbons (Fsp3) is 0.857. The van der Waals surface area contributed by atoms with Gasteiger partial charge in [0.25, 0.3) is 0 Å². The SMILES string of the molecule is CCCCOCCC(=O)[O-]. The van der Waals surface area contributed by atoms with E-state index >= 15 is 0 Å². The summed E-state index contributed by atoms with van der Waals surface area (Å²) in [5, 5.41) is 9.84. The highest BCUT2D eigenvalue weighted by molar-refractivity contribution is 5.64. The molecule has 0 aromatic carbocycles. The molecule has 0 fully saturated rings. The second-order valence-electron chi connectivity index (χ2n) is 2.09. The van der Waals surface area contributed by atoms with E-state index in [-0.39, 0.29) is 13.0 Å². The maximum Gasteiger partial charge on any atom is 0.0518 e. The van der Waals surface area contributed by atoms with E-state index in [2.05, 4.69) is 6.92 Å². The second kappa shape index (κ2) is 6.55. The Hall–Kier alpha value is -0.570. The number of hydrogen-bond donors (Lipinski definition) is 0. The number of ether oxygens (including phenoxy) is 1. The van der Waals surface area contributed by atoms with E-state index in [4.69, 9.17) is 4.74 Å². The van der Waals surface area contributed by atoms with Crippen LogP contribution in [0.5, 0.6) is 0 Å². The number of carboxylic acids is 1. The number of unbranched alkanes of at least 4 members (excludes halogenated alkanes) is 1. The summed E-state index contributed by atoms with van der Waals surface area (Å²) in [4.78, 5) is 9.84. The molecule has 0 spiro atoms. The fourth-order valence-electron chi connectivity index (χ4n) is 0.504. The molecule has 0 aliphatic carbocycles. The highest BCUT2D eigenvalue weighted by Gasteiger charge is 1.87. The van der Waals surface area contributed by atoms with Crippen LogP contribution >= 0.6 is 0 Å². The predicted molar refractivity (Wildman–Crippen MR) is 35.4 cm³/mol. The minimum atomic E-state index is -1.04. The highest BCUT2D eigenvalue weighted by Crippen LogP contribution is 1.88. The van der Waals surface area contributed by atoms with Crippen LogP contribution in [0.4, 0.5) is 0 Å². The number of rotatable bonds is 6. The van der Waals surface area contributed by atoms with Crippen molar-refractivity contribution < 1.29 is 14.6 Å². The van der Waals surface area contributed by atoms with Crippen molar-refractivity contribution in [3.8, 4) is 0 Å². The Morgan fingerprint density at radius 1 is 1.50 bits per heavy atom. The summed E-state index contributed by atoms with van der Waals surface area (Å²) < 4.78 is 4.96. The third-order valence-corrected chi connectivity index (χ3v) is 1.09. The van der Waals surface area contributed by atoms with Crippen molar-refractivity contribution in [3.05, 3.63) is 0 Å². The summed E-state index contributed by atoms with van der Waals surface area (Å²) in [6.07, 6.45) is 2.07. The molecule has 0 radical (unpaired) electrons. The van der Waals surface area contributed by atoms with Crippen molar-refractivity contribution in [3.63, 3.8) is 0 Å². The topological polar surface area (TPSA) is 49.4 Å². The molecule has 0 amide bonds. The van der Waals surface area contributed by atoms with Gasteiger partial charge in [0.1, 0.15) is 0 Å². The van der Waals surface area contributed by atoms with Crippen LogP contribution in [-0.4, -0.2) is 19.2 Å². The highest BCUT2D eigenvalue weighted by atomic mass is 16.5. The molecule has 3 nitrogen and oxygen atoms in total. The van der Waals surface area contributed by atoms with Gasteiger partial charge < -0.3 is 14.6 Å². The smallest absolute Gasteiger partial charge is 0.0518 e. The number of carboxylic acid groups (broad SMARTS) is 1. The third kappa shape index (κ3) is 7.43. The van der Waals surface area contributed by atoms with Gasteiger partial charge in [-0.2, -0.15) is 0 Å². The van der Waals surface area contributed by atoms with Crippen molar-refractivity contribution in [1.29, 1.82) is 0 Å². The van der Waals surface area contributed by atoms with E-state index < -0.39 is 5.97 Å². The Bertz CT molecular complexity index is 90.9. The average Bonchev–Trinajstić information content (AvgIpc) is 1.87. The molecule has 0 aliphatic heterocycles. The molecule has 0 aliphatic rings. The first-order chi connectivity index (χ1) is 4.77. The Morgan fingerprint density at radius 2 is 2.20 bits per heavy atom. The van der Waals surface area contributed by atoms with Crippen LogP contribution in [-0.2, 0) is 9.53 Å². The lowest BCUT2D eigenvalue weighted by Crippen LogP contribution is -2.23. The summed E-state index contributed by atoms with van der Waals surface area (Å²) in [5.41, 5.74) is 0. The van der Waals surface area contributed by atoms with E-state index in [9.17, 15) is 9.90 Å². The van der Waals surface area contributed by atoms with Gasteiger partial charge in [-0.05, 0) is 6.42 Å². The zero-order valence-electron chi connectivity index (χ0n) is 6.26. The second-order valence-corrected chi connectivity index (χ2v) is 2.09. The van der Waals surface area contributed by atoms with E-state index in [1.54, 1.807) is 0 Å². The van der Waals surface area contributed by atoms with Crippen LogP contribution in [0.1, 0.15) is 26.2 Å². The molecule has 60 valence electrons. The molecule has 0 bridgehead atoms. The summed E-state index contributed by atoms with van der Waals surface area (Å²) in [6.45, 7) is 2.99. The van der Waals surface area contributed by atoms with Crippen molar-refractivity contribution in [1.82, 2.24) is 0 Å². The molecule has 0 aromatic rings. The van der Waals surface area contributed by atoms with E-state index in [1.165, 1.54) is 0 Å². The lowest BCUT2D eigenvalue weighted by molar-refractivity contribution is -0.306. The Morgan fingerprint density at radius 3 is 2.70 bits per heavy atom. The summed E-state index contributed by atoms with van der Waals surface area (Å²) >= 11 is 0. The van der Waals surface area contributed by atoms with Gasteiger partial charge in [-0.1, -0.05) is 13.3 Å². The molecule has 0 saturated carbocycles. The molecule has 0 heterocycles. The summed E-state index contributed by atoms with van der Waals surface area (Å²) in [6, 6.07) is 0. The Balaban J connectivity index is 2.84. The van der Waals surface area contributed by atoms with Gasteiger partial charge >= 0.3 is 0 Å². The Labute approximate surface area is 61.0 Å². The molecular formula is C7H13O3-. The largest absolute Gasteiger partial charge is 0.550 e. The minimum absolute atomic E-state index is 0.00368. The first kappa shape index (κ1) is 9.43. The molecule has 0 atom stereocenters. The van der Waals surface area contributed by atoms with Crippen molar-refractivity contribution in [2.75, 3.05) is 13.2 Å². The molecule has 3 heteroatoms. The molecule has 0 rings (SSSR count). The van der Waals surface area contributed by atoms with Gasteiger partial charge in [0, 0.05) is 19.0 Å². The number of hydrogen-bond acceptors (Lipinski definition) is 3. The van der Waals surface area contributed by atoms with Crippen LogP contribution in [0.3, 0.4) is 0 Å². The third-order valence-electron chi connectivity index (χ3n) is 1.09.